The highest BCUT2D eigenvalue weighted by molar-refractivity contribution is 5.90. The number of aliphatic hydroxyl groups is 2. The van der Waals surface area contributed by atoms with Gasteiger partial charge in [0.2, 0.25) is 0 Å². The molecule has 0 aromatic rings. The fourth-order valence-corrected chi connectivity index (χ4v) is 6.43. The first-order chi connectivity index (χ1) is 11.6. The second-order valence-corrected chi connectivity index (χ2v) is 9.72. The second kappa shape index (κ2) is 6.38. The second-order valence-electron chi connectivity index (χ2n) is 9.72. The average Bonchev–Trinajstić information content (AvgIpc) is 2.95. The molecule has 25 heavy (non-hydrogen) atoms. The van der Waals surface area contributed by atoms with Crippen LogP contribution in [0.1, 0.15) is 66.2 Å². The van der Waals surface area contributed by atoms with Gasteiger partial charge in [-0.25, -0.2) is 4.79 Å². The fourth-order valence-electron chi connectivity index (χ4n) is 6.43. The third kappa shape index (κ3) is 2.95. The van der Waals surface area contributed by atoms with Gasteiger partial charge in [-0.15, -0.1) is 0 Å². The van der Waals surface area contributed by atoms with Crippen molar-refractivity contribution in [2.45, 2.75) is 72.3 Å². The number of carbonyl (C=O) groups is 1. The van der Waals surface area contributed by atoms with Crippen molar-refractivity contribution < 1.29 is 19.7 Å². The van der Waals surface area contributed by atoms with E-state index in [2.05, 4.69) is 27.7 Å². The van der Waals surface area contributed by atoms with Crippen LogP contribution in [0.25, 0.3) is 0 Å². The lowest BCUT2D eigenvalue weighted by Gasteiger charge is -2.63. The van der Waals surface area contributed by atoms with E-state index in [9.17, 15) is 15.0 Å². The maximum absolute atomic E-state index is 11.8. The molecule has 0 bridgehead atoms. The van der Waals surface area contributed by atoms with Crippen LogP contribution in [0.5, 0.6) is 0 Å². The highest BCUT2D eigenvalue weighted by Crippen LogP contribution is 2.65. The third-order valence-electron chi connectivity index (χ3n) is 7.98. The van der Waals surface area contributed by atoms with Gasteiger partial charge in [0.25, 0.3) is 0 Å². The fraction of sp³-hybridized carbons (Fsp3) is 0.857. The Labute approximate surface area is 151 Å². The first kappa shape index (κ1) is 18.9. The molecular weight excluding hydrogens is 316 g/mol. The van der Waals surface area contributed by atoms with Gasteiger partial charge in [-0.1, -0.05) is 27.7 Å². The van der Waals surface area contributed by atoms with Gasteiger partial charge < -0.3 is 14.9 Å². The molecule has 4 heteroatoms. The van der Waals surface area contributed by atoms with E-state index in [4.69, 9.17) is 4.74 Å². The molecule has 1 heterocycles. The summed E-state index contributed by atoms with van der Waals surface area (Å²) in [6.45, 7) is 9.58. The Balaban J connectivity index is 1.87. The third-order valence-corrected chi connectivity index (χ3v) is 7.98. The molecule has 0 radical (unpaired) electrons. The molecule has 2 saturated carbocycles. The van der Waals surface area contributed by atoms with Crippen LogP contribution in [0.2, 0.25) is 0 Å². The van der Waals surface area contributed by atoms with Crippen molar-refractivity contribution in [1.82, 2.24) is 0 Å². The summed E-state index contributed by atoms with van der Waals surface area (Å²) in [7, 11) is 0. The summed E-state index contributed by atoms with van der Waals surface area (Å²) in [6, 6.07) is 0. The molecule has 0 saturated heterocycles. The zero-order chi connectivity index (χ0) is 18.5. The molecule has 5 unspecified atom stereocenters. The van der Waals surface area contributed by atoms with Crippen molar-refractivity contribution in [2.75, 3.05) is 13.2 Å². The lowest BCUT2D eigenvalue weighted by atomic mass is 9.42. The molecule has 0 spiro atoms. The standard InChI is InChI=1S/C21H34O4/c1-19(2)10-7-16-20(3,11-8-17(23)21(16,4)13-22)15(19)6-5-14-9-12-25-18(14)24/h9,15-17,22-23H,5-8,10-13H2,1-4H3. The smallest absolute Gasteiger partial charge is 0.334 e. The summed E-state index contributed by atoms with van der Waals surface area (Å²) in [5.41, 5.74) is 0.684. The number of hydrogen-bond donors (Lipinski definition) is 2. The number of fused-ring (bicyclic) bond motifs is 1. The Morgan fingerprint density at radius 2 is 1.92 bits per heavy atom. The summed E-state index contributed by atoms with van der Waals surface area (Å²) < 4.78 is 5.06. The predicted molar refractivity (Wildman–Crippen MR) is 96.8 cm³/mol. The minimum atomic E-state index is -0.426. The van der Waals surface area contributed by atoms with E-state index in [0.29, 0.717) is 18.4 Å². The van der Waals surface area contributed by atoms with E-state index in [0.717, 1.165) is 44.1 Å². The van der Waals surface area contributed by atoms with E-state index < -0.39 is 11.5 Å². The van der Waals surface area contributed by atoms with E-state index in [-0.39, 0.29) is 23.4 Å². The Morgan fingerprint density at radius 3 is 2.52 bits per heavy atom. The van der Waals surface area contributed by atoms with Gasteiger partial charge in [-0.2, -0.15) is 0 Å². The van der Waals surface area contributed by atoms with Crippen LogP contribution in [0.4, 0.5) is 0 Å². The van der Waals surface area contributed by atoms with Crippen LogP contribution in [-0.2, 0) is 9.53 Å². The van der Waals surface area contributed by atoms with Crippen molar-refractivity contribution in [3.8, 4) is 0 Å². The molecule has 0 aromatic heterocycles. The number of esters is 1. The van der Waals surface area contributed by atoms with Gasteiger partial charge in [0.1, 0.15) is 6.61 Å². The van der Waals surface area contributed by atoms with Gasteiger partial charge in [-0.3, -0.25) is 0 Å². The van der Waals surface area contributed by atoms with Crippen LogP contribution in [-0.4, -0.2) is 35.5 Å². The average molecular weight is 350 g/mol. The number of aliphatic hydroxyl groups excluding tert-OH is 2. The molecule has 3 aliphatic rings. The van der Waals surface area contributed by atoms with Crippen molar-refractivity contribution in [1.29, 1.82) is 0 Å². The Hall–Kier alpha value is -0.870. The van der Waals surface area contributed by atoms with E-state index in [1.165, 1.54) is 0 Å². The van der Waals surface area contributed by atoms with Gasteiger partial charge >= 0.3 is 5.97 Å². The van der Waals surface area contributed by atoms with Crippen molar-refractivity contribution in [3.63, 3.8) is 0 Å². The summed E-state index contributed by atoms with van der Waals surface area (Å²) >= 11 is 0. The molecule has 4 nitrogen and oxygen atoms in total. The number of cyclic esters (lactones) is 1. The molecule has 2 N–H and O–H groups in total. The van der Waals surface area contributed by atoms with Gasteiger partial charge in [-0.05, 0) is 67.3 Å². The lowest BCUT2D eigenvalue weighted by molar-refractivity contribution is -0.187. The number of carbonyl (C=O) groups excluding carboxylic acids is 1. The SMILES string of the molecule is CC1(C)CCC2C(C)(CO)C(O)CCC2(C)C1CCC1=CCOC1=O. The summed E-state index contributed by atoms with van der Waals surface area (Å²) in [5.74, 6) is 0.622. The molecule has 1 aliphatic heterocycles. The quantitative estimate of drug-likeness (QED) is 0.762. The minimum absolute atomic E-state index is 0.0407. The molecular formula is C21H34O4. The number of hydrogen-bond acceptors (Lipinski definition) is 4. The predicted octanol–water partition coefficient (Wildman–Crippen LogP) is 3.46. The van der Waals surface area contributed by atoms with Gasteiger partial charge in [0, 0.05) is 11.0 Å². The molecule has 2 aliphatic carbocycles. The normalized spacial score (nSPS) is 43.4. The maximum atomic E-state index is 11.8. The molecule has 3 rings (SSSR count). The van der Waals surface area contributed by atoms with Gasteiger partial charge in [0.05, 0.1) is 12.7 Å². The first-order valence-electron chi connectivity index (χ1n) is 9.80. The molecule has 0 amide bonds. The van der Waals surface area contributed by atoms with Crippen LogP contribution >= 0.6 is 0 Å². The topological polar surface area (TPSA) is 66.8 Å². The van der Waals surface area contributed by atoms with Crippen LogP contribution < -0.4 is 0 Å². The Kier molecular flexibility index (Phi) is 4.83. The summed E-state index contributed by atoms with van der Waals surface area (Å²) in [6.07, 6.45) is 7.13. The zero-order valence-corrected chi connectivity index (χ0v) is 16.2. The molecule has 5 atom stereocenters. The molecule has 0 aromatic carbocycles. The molecule has 142 valence electrons. The van der Waals surface area contributed by atoms with E-state index in [1.54, 1.807) is 0 Å². The van der Waals surface area contributed by atoms with Crippen molar-refractivity contribution in [2.24, 2.45) is 28.1 Å². The van der Waals surface area contributed by atoms with Crippen molar-refractivity contribution in [3.05, 3.63) is 11.6 Å². The van der Waals surface area contributed by atoms with E-state index in [1.807, 2.05) is 6.08 Å². The van der Waals surface area contributed by atoms with Crippen LogP contribution in [0, 0.1) is 28.1 Å². The highest BCUT2D eigenvalue weighted by atomic mass is 16.5. The maximum Gasteiger partial charge on any atom is 0.334 e. The monoisotopic (exact) mass is 350 g/mol. The Morgan fingerprint density at radius 1 is 1.20 bits per heavy atom. The largest absolute Gasteiger partial charge is 0.458 e. The first-order valence-corrected chi connectivity index (χ1v) is 9.80. The van der Waals surface area contributed by atoms with Crippen LogP contribution in [0.15, 0.2) is 11.6 Å². The molecule has 2 fully saturated rings. The van der Waals surface area contributed by atoms with Gasteiger partial charge in [0.15, 0.2) is 0 Å². The van der Waals surface area contributed by atoms with E-state index >= 15 is 0 Å². The minimum Gasteiger partial charge on any atom is -0.458 e. The number of rotatable bonds is 4. The van der Waals surface area contributed by atoms with Crippen LogP contribution in [0.3, 0.4) is 0 Å². The highest BCUT2D eigenvalue weighted by Gasteiger charge is 2.60. The number of ether oxygens (including phenoxy) is 1. The summed E-state index contributed by atoms with van der Waals surface area (Å²) in [5, 5.41) is 20.7. The summed E-state index contributed by atoms with van der Waals surface area (Å²) in [4.78, 5) is 11.8. The zero-order valence-electron chi connectivity index (χ0n) is 16.2. The Bertz CT molecular complexity index is 566. The van der Waals surface area contributed by atoms with Crippen molar-refractivity contribution >= 4 is 5.97 Å². The lowest BCUT2D eigenvalue weighted by Crippen LogP contribution is -2.60.